The number of nitro benzene ring substituents is 1. The van der Waals surface area contributed by atoms with Gasteiger partial charge in [0.25, 0.3) is 0 Å². The molecule has 1 aliphatic rings. The van der Waals surface area contributed by atoms with Gasteiger partial charge in [-0.15, -0.1) is 0 Å². The van der Waals surface area contributed by atoms with Crippen LogP contribution in [0.1, 0.15) is 33.6 Å². The van der Waals surface area contributed by atoms with Crippen molar-refractivity contribution in [3.63, 3.8) is 0 Å². The van der Waals surface area contributed by atoms with Crippen molar-refractivity contribution in [3.05, 3.63) is 45.2 Å². The third kappa shape index (κ3) is 5.26. The minimum absolute atomic E-state index is 0.0204. The Balaban J connectivity index is 1.72. The number of anilines is 1. The quantitative estimate of drug-likeness (QED) is 0.531. The second-order valence-corrected chi connectivity index (χ2v) is 8.84. The van der Waals surface area contributed by atoms with Crippen molar-refractivity contribution in [2.45, 2.75) is 45.3 Å². The fourth-order valence-corrected chi connectivity index (χ4v) is 3.50. The first-order valence-corrected chi connectivity index (χ1v) is 10.2. The van der Waals surface area contributed by atoms with Crippen molar-refractivity contribution in [1.29, 1.82) is 0 Å². The number of ether oxygens (including phenoxy) is 1. The second kappa shape index (κ2) is 8.40. The van der Waals surface area contributed by atoms with Crippen LogP contribution in [-0.4, -0.2) is 50.4 Å². The number of nitrogens with one attached hydrogen (secondary N) is 1. The number of carbonyl (C=O) groups is 1. The van der Waals surface area contributed by atoms with Gasteiger partial charge >= 0.3 is 11.8 Å². The molecule has 0 saturated carbocycles. The van der Waals surface area contributed by atoms with E-state index in [9.17, 15) is 14.9 Å². The molecule has 10 heteroatoms. The number of carbonyl (C=O) groups excluding carboxylic acids is 1. The smallest absolute Gasteiger partial charge is 0.410 e. The zero-order chi connectivity index (χ0) is 21.2. The number of halogens is 1. The Morgan fingerprint density at radius 2 is 2.03 bits per heavy atom. The van der Waals surface area contributed by atoms with Crippen LogP contribution in [0.2, 0.25) is 0 Å². The lowest BCUT2D eigenvalue weighted by atomic mass is 10.0. The van der Waals surface area contributed by atoms with Crippen LogP contribution in [0.25, 0.3) is 5.69 Å². The summed E-state index contributed by atoms with van der Waals surface area (Å²) in [7, 11) is 0. The summed E-state index contributed by atoms with van der Waals surface area (Å²) in [6.07, 6.45) is 4.27. The maximum Gasteiger partial charge on any atom is 0.410 e. The Morgan fingerprint density at radius 3 is 2.59 bits per heavy atom. The third-order valence-corrected chi connectivity index (χ3v) is 4.91. The third-order valence-electron chi connectivity index (χ3n) is 4.50. The summed E-state index contributed by atoms with van der Waals surface area (Å²) >= 11 is 3.31. The summed E-state index contributed by atoms with van der Waals surface area (Å²) in [5.74, 6) is 0. The lowest BCUT2D eigenvalue weighted by Gasteiger charge is -2.34. The van der Waals surface area contributed by atoms with Crippen LogP contribution in [0.3, 0.4) is 0 Å². The van der Waals surface area contributed by atoms with Gasteiger partial charge in [0.1, 0.15) is 17.0 Å². The van der Waals surface area contributed by atoms with Crippen LogP contribution in [0, 0.1) is 10.1 Å². The maximum atomic E-state index is 12.2. The Hall–Kier alpha value is -2.62. The Labute approximate surface area is 177 Å². The Bertz CT molecular complexity index is 900. The summed E-state index contributed by atoms with van der Waals surface area (Å²) in [5, 5.41) is 19.2. The van der Waals surface area contributed by atoms with Crippen LogP contribution in [-0.2, 0) is 4.74 Å². The van der Waals surface area contributed by atoms with E-state index in [0.29, 0.717) is 37.3 Å². The van der Waals surface area contributed by atoms with E-state index in [1.165, 1.54) is 4.68 Å². The molecule has 1 N–H and O–H groups in total. The van der Waals surface area contributed by atoms with E-state index in [-0.39, 0.29) is 17.8 Å². The van der Waals surface area contributed by atoms with Crippen LogP contribution >= 0.6 is 15.9 Å². The lowest BCUT2D eigenvalue weighted by molar-refractivity contribution is -0.383. The van der Waals surface area contributed by atoms with Gasteiger partial charge in [-0.3, -0.25) is 10.1 Å². The number of nitro groups is 1. The largest absolute Gasteiger partial charge is 0.444 e. The number of hydrogen-bond donors (Lipinski definition) is 1. The van der Waals surface area contributed by atoms with Crippen molar-refractivity contribution < 1.29 is 14.5 Å². The van der Waals surface area contributed by atoms with Crippen LogP contribution in [0.4, 0.5) is 16.2 Å². The van der Waals surface area contributed by atoms with Crippen LogP contribution in [0.15, 0.2) is 35.1 Å². The van der Waals surface area contributed by atoms with Gasteiger partial charge < -0.3 is 15.0 Å². The molecule has 1 amide bonds. The van der Waals surface area contributed by atoms with Gasteiger partial charge in [-0.25, -0.2) is 9.48 Å². The van der Waals surface area contributed by atoms with Gasteiger partial charge in [-0.2, -0.15) is 5.10 Å². The number of hydrogen-bond acceptors (Lipinski definition) is 6. The molecule has 1 saturated heterocycles. The zero-order valence-electron chi connectivity index (χ0n) is 16.6. The lowest BCUT2D eigenvalue weighted by Crippen LogP contribution is -2.44. The van der Waals surface area contributed by atoms with E-state index in [1.807, 2.05) is 20.8 Å². The molecule has 0 atom stereocenters. The van der Waals surface area contributed by atoms with E-state index >= 15 is 0 Å². The number of likely N-dealkylation sites (tertiary alicyclic amines) is 1. The molecule has 2 aromatic rings. The summed E-state index contributed by atoms with van der Waals surface area (Å²) in [6.45, 7) is 6.58. The number of aromatic nitrogens is 2. The zero-order valence-corrected chi connectivity index (χ0v) is 18.2. The molecule has 1 aromatic heterocycles. The highest BCUT2D eigenvalue weighted by Crippen LogP contribution is 2.33. The Morgan fingerprint density at radius 1 is 1.34 bits per heavy atom. The molecular formula is C19H24BrN5O4. The van der Waals surface area contributed by atoms with E-state index < -0.39 is 10.5 Å². The fraction of sp³-hybridized carbons (Fsp3) is 0.474. The van der Waals surface area contributed by atoms with Crippen molar-refractivity contribution in [2.75, 3.05) is 18.4 Å². The number of para-hydroxylation sites is 1. The normalized spacial score (nSPS) is 15.2. The first-order chi connectivity index (χ1) is 13.6. The molecule has 1 aliphatic heterocycles. The number of nitrogens with zero attached hydrogens (tertiary/aromatic N) is 4. The summed E-state index contributed by atoms with van der Waals surface area (Å²) in [4.78, 5) is 25.3. The van der Waals surface area contributed by atoms with E-state index in [1.54, 1.807) is 35.5 Å². The van der Waals surface area contributed by atoms with E-state index in [0.717, 1.165) is 4.47 Å². The highest BCUT2D eigenvalue weighted by atomic mass is 79.9. The molecule has 3 rings (SSSR count). The fourth-order valence-electron chi connectivity index (χ4n) is 3.21. The molecular weight excluding hydrogens is 442 g/mol. The van der Waals surface area contributed by atoms with Crippen molar-refractivity contribution in [2.24, 2.45) is 0 Å². The van der Waals surface area contributed by atoms with E-state index in [4.69, 9.17) is 4.74 Å². The minimum atomic E-state index is -0.533. The van der Waals surface area contributed by atoms with Gasteiger partial charge in [-0.1, -0.05) is 6.07 Å². The predicted octanol–water partition coefficient (Wildman–Crippen LogP) is 4.35. The summed E-state index contributed by atoms with van der Waals surface area (Å²) in [5.41, 5.74) is 0.263. The molecule has 9 nitrogen and oxygen atoms in total. The molecule has 0 aliphatic carbocycles. The molecule has 0 bridgehead atoms. The number of piperidine rings is 1. The predicted molar refractivity (Wildman–Crippen MR) is 112 cm³/mol. The standard InChI is InChI=1S/C19H24BrN5O4/c1-19(2,3)29-18(26)23-9-7-14(8-10-23)22-15-5-4-6-16(17(15)25(27)28)24-12-13(20)11-21-24/h4-6,11-12,14,22H,7-10H2,1-3H3. The van der Waals surface area contributed by atoms with Crippen molar-refractivity contribution >= 4 is 33.4 Å². The molecule has 156 valence electrons. The highest BCUT2D eigenvalue weighted by Gasteiger charge is 2.29. The van der Waals surface area contributed by atoms with Gasteiger partial charge in [-0.05, 0) is 61.7 Å². The van der Waals surface area contributed by atoms with Crippen LogP contribution in [0.5, 0.6) is 0 Å². The molecule has 0 spiro atoms. The number of benzene rings is 1. The molecule has 0 unspecified atom stereocenters. The molecule has 1 fully saturated rings. The molecule has 0 radical (unpaired) electrons. The summed E-state index contributed by atoms with van der Waals surface area (Å²) in [6, 6.07) is 5.14. The van der Waals surface area contributed by atoms with E-state index in [2.05, 4.69) is 26.3 Å². The molecule has 1 aromatic carbocycles. The summed E-state index contributed by atoms with van der Waals surface area (Å²) < 4.78 is 7.62. The maximum absolute atomic E-state index is 12.2. The van der Waals surface area contributed by atoms with Gasteiger partial charge in [0, 0.05) is 25.3 Å². The topological polar surface area (TPSA) is 103 Å². The Kier molecular flexibility index (Phi) is 6.11. The first kappa shape index (κ1) is 21.1. The van der Waals surface area contributed by atoms with Gasteiger partial charge in [0.15, 0.2) is 0 Å². The molecule has 29 heavy (non-hydrogen) atoms. The second-order valence-electron chi connectivity index (χ2n) is 7.92. The van der Waals surface area contributed by atoms with Crippen LogP contribution < -0.4 is 5.32 Å². The SMILES string of the molecule is CC(C)(C)OC(=O)N1CCC(Nc2cccc(-n3cc(Br)cn3)c2[N+](=O)[O-])CC1. The average Bonchev–Trinajstić information content (AvgIpc) is 3.07. The number of amides is 1. The van der Waals surface area contributed by atoms with Crippen molar-refractivity contribution in [3.8, 4) is 5.69 Å². The minimum Gasteiger partial charge on any atom is -0.444 e. The first-order valence-electron chi connectivity index (χ1n) is 9.36. The van der Waals surface area contributed by atoms with Crippen molar-refractivity contribution in [1.82, 2.24) is 14.7 Å². The average molecular weight is 466 g/mol. The molecule has 2 heterocycles. The monoisotopic (exact) mass is 465 g/mol. The highest BCUT2D eigenvalue weighted by molar-refractivity contribution is 9.10. The van der Waals surface area contributed by atoms with Gasteiger partial charge in [0.2, 0.25) is 0 Å². The number of rotatable bonds is 4. The van der Waals surface area contributed by atoms with Gasteiger partial charge in [0.05, 0.1) is 15.6 Å².